The molecule has 0 unspecified atom stereocenters. The zero-order valence-electron chi connectivity index (χ0n) is 8.47. The molecule has 1 aliphatic heterocycles. The largest absolute Gasteiger partial charge is 0.477 e. The van der Waals surface area contributed by atoms with Crippen LogP contribution in [0.1, 0.15) is 20.2 Å². The maximum Gasteiger partial charge on any atom is 0.347 e. The molecule has 0 radical (unpaired) electrons. The number of nitrogens with zero attached hydrogens (tertiary/aromatic N) is 2. The van der Waals surface area contributed by atoms with Crippen molar-refractivity contribution in [3.05, 3.63) is 16.6 Å². The number of carbonyl (C=O) groups is 2. The van der Waals surface area contributed by atoms with E-state index in [2.05, 4.69) is 9.69 Å². The van der Waals surface area contributed by atoms with E-state index >= 15 is 0 Å². The van der Waals surface area contributed by atoms with Crippen molar-refractivity contribution in [3.8, 4) is 0 Å². The third kappa shape index (κ3) is 2.20. The number of aromatic nitrogens is 1. The zero-order chi connectivity index (χ0) is 11.5. The number of piperazine rings is 1. The summed E-state index contributed by atoms with van der Waals surface area (Å²) in [5.41, 5.74) is 0.226. The first-order valence-corrected chi connectivity index (χ1v) is 5.66. The van der Waals surface area contributed by atoms with E-state index in [-0.39, 0.29) is 16.5 Å². The number of nitrogens with one attached hydrogen (secondary N) is 1. The topological polar surface area (TPSA) is 82.5 Å². The standard InChI is InChI=1S/C9H11N3O3S/c13-8(12-3-1-10-2-4-12)6-5-7(9(14)15)16-11-6/h5,10H,1-4H2,(H,14,15). The predicted octanol–water partition coefficient (Wildman–Crippen LogP) is -0.113. The van der Waals surface area contributed by atoms with Crippen molar-refractivity contribution >= 4 is 23.4 Å². The summed E-state index contributed by atoms with van der Waals surface area (Å²) < 4.78 is 3.86. The van der Waals surface area contributed by atoms with Gasteiger partial charge in [0.25, 0.3) is 5.91 Å². The molecule has 0 aliphatic carbocycles. The fraction of sp³-hybridized carbons (Fsp3) is 0.444. The van der Waals surface area contributed by atoms with Crippen molar-refractivity contribution in [1.82, 2.24) is 14.6 Å². The summed E-state index contributed by atoms with van der Waals surface area (Å²) >= 11 is 0.837. The highest BCUT2D eigenvalue weighted by atomic mass is 32.1. The SMILES string of the molecule is O=C(O)c1cc(C(=O)N2CCNCC2)ns1. The van der Waals surface area contributed by atoms with E-state index in [0.717, 1.165) is 24.6 Å². The number of hydrogen-bond donors (Lipinski definition) is 2. The molecule has 7 heteroatoms. The predicted molar refractivity (Wildman–Crippen MR) is 57.8 cm³/mol. The molecule has 2 rings (SSSR count). The van der Waals surface area contributed by atoms with Gasteiger partial charge in [-0.3, -0.25) is 4.79 Å². The molecule has 2 heterocycles. The first-order chi connectivity index (χ1) is 7.68. The Kier molecular flexibility index (Phi) is 3.16. The van der Waals surface area contributed by atoms with Crippen molar-refractivity contribution in [2.24, 2.45) is 0 Å². The van der Waals surface area contributed by atoms with Gasteiger partial charge in [-0.2, -0.15) is 4.37 Å². The van der Waals surface area contributed by atoms with Crippen LogP contribution in [-0.4, -0.2) is 52.4 Å². The van der Waals surface area contributed by atoms with E-state index in [1.54, 1.807) is 4.90 Å². The molecule has 1 fully saturated rings. The van der Waals surface area contributed by atoms with Crippen LogP contribution in [0.5, 0.6) is 0 Å². The Morgan fingerprint density at radius 1 is 1.44 bits per heavy atom. The quantitative estimate of drug-likeness (QED) is 0.754. The molecular weight excluding hydrogens is 230 g/mol. The summed E-state index contributed by atoms with van der Waals surface area (Å²) in [5.74, 6) is -1.23. The van der Waals surface area contributed by atoms with Gasteiger partial charge in [0.2, 0.25) is 0 Å². The number of aromatic carboxylic acids is 1. The molecule has 0 aromatic carbocycles. The van der Waals surface area contributed by atoms with Crippen LogP contribution in [0, 0.1) is 0 Å². The average molecular weight is 241 g/mol. The van der Waals surface area contributed by atoms with E-state index in [1.165, 1.54) is 6.07 Å². The third-order valence-corrected chi connectivity index (χ3v) is 3.12. The molecule has 1 aliphatic rings. The first kappa shape index (κ1) is 11.0. The molecule has 86 valence electrons. The second kappa shape index (κ2) is 4.58. The lowest BCUT2D eigenvalue weighted by Crippen LogP contribution is -2.46. The van der Waals surface area contributed by atoms with Crippen molar-refractivity contribution in [2.75, 3.05) is 26.2 Å². The number of amides is 1. The Balaban J connectivity index is 2.10. The lowest BCUT2D eigenvalue weighted by atomic mass is 10.3. The Morgan fingerprint density at radius 2 is 2.12 bits per heavy atom. The Bertz CT molecular complexity index is 412. The average Bonchev–Trinajstić information content (AvgIpc) is 2.78. The Labute approximate surface area is 96.0 Å². The third-order valence-electron chi connectivity index (χ3n) is 2.34. The monoisotopic (exact) mass is 241 g/mol. The lowest BCUT2D eigenvalue weighted by Gasteiger charge is -2.26. The van der Waals surface area contributed by atoms with Crippen LogP contribution >= 0.6 is 11.5 Å². The molecule has 2 N–H and O–H groups in total. The van der Waals surface area contributed by atoms with E-state index in [1.807, 2.05) is 0 Å². The highest BCUT2D eigenvalue weighted by Gasteiger charge is 2.21. The summed E-state index contributed by atoms with van der Waals surface area (Å²) in [6.07, 6.45) is 0. The number of carboxylic acid groups (broad SMARTS) is 1. The van der Waals surface area contributed by atoms with Crippen LogP contribution in [0.3, 0.4) is 0 Å². The zero-order valence-corrected chi connectivity index (χ0v) is 9.29. The van der Waals surface area contributed by atoms with Gasteiger partial charge in [0.15, 0.2) is 0 Å². The van der Waals surface area contributed by atoms with Gasteiger partial charge in [0.1, 0.15) is 10.6 Å². The number of hydrogen-bond acceptors (Lipinski definition) is 5. The number of carbonyl (C=O) groups excluding carboxylic acids is 1. The highest BCUT2D eigenvalue weighted by Crippen LogP contribution is 2.12. The van der Waals surface area contributed by atoms with Gasteiger partial charge in [0.05, 0.1) is 0 Å². The minimum atomic E-state index is -1.04. The van der Waals surface area contributed by atoms with Gasteiger partial charge >= 0.3 is 5.97 Å². The summed E-state index contributed by atoms with van der Waals surface area (Å²) in [6, 6.07) is 1.33. The van der Waals surface area contributed by atoms with Gasteiger partial charge in [-0.25, -0.2) is 4.79 Å². The maximum absolute atomic E-state index is 11.9. The minimum Gasteiger partial charge on any atom is -0.477 e. The molecule has 16 heavy (non-hydrogen) atoms. The molecule has 6 nitrogen and oxygen atoms in total. The fourth-order valence-corrected chi connectivity index (χ4v) is 2.08. The van der Waals surface area contributed by atoms with Crippen LogP contribution in [0.25, 0.3) is 0 Å². The summed E-state index contributed by atoms with van der Waals surface area (Å²) in [6.45, 7) is 2.81. The highest BCUT2D eigenvalue weighted by molar-refractivity contribution is 7.08. The molecule has 1 aromatic rings. The number of rotatable bonds is 2. The molecule has 0 atom stereocenters. The Hall–Kier alpha value is -1.47. The van der Waals surface area contributed by atoms with E-state index in [9.17, 15) is 9.59 Å². The molecule has 1 amide bonds. The second-order valence-corrected chi connectivity index (χ2v) is 4.23. The summed E-state index contributed by atoms with van der Waals surface area (Å²) in [4.78, 5) is 24.3. The molecular formula is C9H11N3O3S. The molecule has 1 aromatic heterocycles. The van der Waals surface area contributed by atoms with Gasteiger partial charge in [-0.1, -0.05) is 0 Å². The van der Waals surface area contributed by atoms with Crippen LogP contribution in [-0.2, 0) is 0 Å². The summed E-state index contributed by atoms with van der Waals surface area (Å²) in [5, 5.41) is 11.9. The molecule has 0 saturated carbocycles. The minimum absolute atomic E-state index is 0.0958. The van der Waals surface area contributed by atoms with Gasteiger partial charge in [0, 0.05) is 26.2 Å². The van der Waals surface area contributed by atoms with Gasteiger partial charge < -0.3 is 15.3 Å². The van der Waals surface area contributed by atoms with Crippen LogP contribution in [0.15, 0.2) is 6.07 Å². The van der Waals surface area contributed by atoms with Crippen LogP contribution in [0.2, 0.25) is 0 Å². The smallest absolute Gasteiger partial charge is 0.347 e. The van der Waals surface area contributed by atoms with Crippen molar-refractivity contribution in [3.63, 3.8) is 0 Å². The fourth-order valence-electron chi connectivity index (χ4n) is 1.51. The lowest BCUT2D eigenvalue weighted by molar-refractivity contribution is 0.0702. The van der Waals surface area contributed by atoms with Crippen molar-refractivity contribution in [1.29, 1.82) is 0 Å². The van der Waals surface area contributed by atoms with Crippen LogP contribution in [0.4, 0.5) is 0 Å². The molecule has 0 spiro atoms. The van der Waals surface area contributed by atoms with Gasteiger partial charge in [-0.15, -0.1) is 0 Å². The molecule has 0 bridgehead atoms. The first-order valence-electron chi connectivity index (χ1n) is 4.88. The Morgan fingerprint density at radius 3 is 2.69 bits per heavy atom. The normalized spacial score (nSPS) is 16.1. The molecule has 1 saturated heterocycles. The van der Waals surface area contributed by atoms with Crippen molar-refractivity contribution in [2.45, 2.75) is 0 Å². The summed E-state index contributed by atoms with van der Waals surface area (Å²) in [7, 11) is 0. The number of carboxylic acids is 1. The van der Waals surface area contributed by atoms with E-state index < -0.39 is 5.97 Å². The van der Waals surface area contributed by atoms with E-state index in [4.69, 9.17) is 5.11 Å². The maximum atomic E-state index is 11.9. The van der Waals surface area contributed by atoms with E-state index in [0.29, 0.717) is 13.1 Å². The second-order valence-electron chi connectivity index (χ2n) is 3.42. The van der Waals surface area contributed by atoms with Crippen molar-refractivity contribution < 1.29 is 14.7 Å². The van der Waals surface area contributed by atoms with Crippen LogP contribution < -0.4 is 5.32 Å². The van der Waals surface area contributed by atoms with Gasteiger partial charge in [-0.05, 0) is 17.6 Å².